The molecule has 36 heavy (non-hydrogen) atoms. The summed E-state index contributed by atoms with van der Waals surface area (Å²) in [5.41, 5.74) is 1.69. The lowest BCUT2D eigenvalue weighted by atomic mass is 9.65. The maximum Gasteiger partial charge on any atom is 0.254 e. The van der Waals surface area contributed by atoms with Crippen molar-refractivity contribution < 1.29 is 14.4 Å². The number of thiazole rings is 1. The van der Waals surface area contributed by atoms with Crippen LogP contribution >= 0.6 is 11.3 Å². The van der Waals surface area contributed by atoms with Crippen molar-refractivity contribution in [1.82, 2.24) is 14.8 Å². The molecule has 194 valence electrons. The molecule has 2 atom stereocenters. The van der Waals surface area contributed by atoms with Gasteiger partial charge in [-0.15, -0.1) is 11.3 Å². The smallest absolute Gasteiger partial charge is 0.254 e. The molecule has 2 unspecified atom stereocenters. The first-order chi connectivity index (χ1) is 16.9. The molecule has 4 rings (SSSR count). The van der Waals surface area contributed by atoms with Gasteiger partial charge >= 0.3 is 0 Å². The molecule has 0 radical (unpaired) electrons. The third-order valence-corrected chi connectivity index (χ3v) is 7.90. The molecule has 2 bridgehead atoms. The van der Waals surface area contributed by atoms with Crippen LogP contribution in [0.5, 0.6) is 0 Å². The summed E-state index contributed by atoms with van der Waals surface area (Å²) in [5, 5.41) is 5.11. The molecule has 1 aliphatic carbocycles. The number of hydrogen-bond acceptors (Lipinski definition) is 5. The number of amides is 3. The van der Waals surface area contributed by atoms with Gasteiger partial charge in [0.2, 0.25) is 11.8 Å². The van der Waals surface area contributed by atoms with Crippen LogP contribution in [0.3, 0.4) is 0 Å². The number of aromatic nitrogens is 1. The summed E-state index contributed by atoms with van der Waals surface area (Å²) >= 11 is 1.31. The molecule has 0 spiro atoms. The molecule has 2 fully saturated rings. The molecule has 1 aromatic carbocycles. The summed E-state index contributed by atoms with van der Waals surface area (Å²) < 4.78 is 0. The summed E-state index contributed by atoms with van der Waals surface area (Å²) in [4.78, 5) is 47.0. The van der Waals surface area contributed by atoms with Crippen LogP contribution < -0.4 is 5.32 Å². The molecule has 1 aliphatic heterocycles. The van der Waals surface area contributed by atoms with Crippen LogP contribution in [0.25, 0.3) is 0 Å². The fraction of sp³-hybridized carbons (Fsp3) is 0.571. The van der Waals surface area contributed by atoms with Crippen molar-refractivity contribution >= 4 is 34.2 Å². The Bertz CT molecular complexity index is 1110. The lowest BCUT2D eigenvalue weighted by molar-refractivity contribution is -0.131. The van der Waals surface area contributed by atoms with Crippen LogP contribution in [0.1, 0.15) is 69.9 Å². The fourth-order valence-electron chi connectivity index (χ4n) is 6.21. The standard InChI is InChI=1S/C28H38N4O3S/c1-19(2)14-31(25(35)20-9-7-6-8-10-20)15-23(33)30-26-29-21(16-36-26)11-24(34)32-18-28(5)13-22(32)12-27(3,4)17-28/h6-10,16,19,22H,11-15,17-18H2,1-5H3,(H,29,30,33). The Balaban J connectivity index is 1.35. The number of nitrogens with one attached hydrogen (secondary N) is 1. The largest absolute Gasteiger partial charge is 0.339 e. The van der Waals surface area contributed by atoms with Gasteiger partial charge in [-0.2, -0.15) is 0 Å². The molecule has 1 N–H and O–H groups in total. The number of anilines is 1. The Labute approximate surface area is 218 Å². The minimum absolute atomic E-state index is 0.0520. The van der Waals surface area contributed by atoms with Crippen LogP contribution in [0.15, 0.2) is 35.7 Å². The number of fused-ring (bicyclic) bond motifs is 2. The zero-order valence-electron chi connectivity index (χ0n) is 22.0. The molecule has 1 aromatic heterocycles. The first-order valence-electron chi connectivity index (χ1n) is 12.8. The molecular weight excluding hydrogens is 472 g/mol. The van der Waals surface area contributed by atoms with Gasteiger partial charge in [0.1, 0.15) is 6.54 Å². The Morgan fingerprint density at radius 1 is 1.17 bits per heavy atom. The molecule has 1 saturated heterocycles. The predicted molar refractivity (Wildman–Crippen MR) is 143 cm³/mol. The van der Waals surface area contributed by atoms with Crippen LogP contribution in [-0.2, 0) is 16.0 Å². The first kappa shape index (κ1) is 26.3. The number of carbonyl (C=O) groups excluding carboxylic acids is 3. The van der Waals surface area contributed by atoms with Gasteiger partial charge in [-0.1, -0.05) is 52.8 Å². The van der Waals surface area contributed by atoms with Crippen molar-refractivity contribution in [1.29, 1.82) is 0 Å². The number of benzene rings is 1. The van der Waals surface area contributed by atoms with Crippen LogP contribution in [0, 0.1) is 16.7 Å². The van der Waals surface area contributed by atoms with Gasteiger partial charge in [0.25, 0.3) is 5.91 Å². The maximum atomic E-state index is 13.2. The highest BCUT2D eigenvalue weighted by atomic mass is 32.1. The molecule has 3 amide bonds. The van der Waals surface area contributed by atoms with Gasteiger partial charge in [-0.3, -0.25) is 14.4 Å². The van der Waals surface area contributed by atoms with E-state index in [-0.39, 0.29) is 47.4 Å². The van der Waals surface area contributed by atoms with E-state index in [1.807, 2.05) is 37.4 Å². The molecular formula is C28H38N4O3S. The summed E-state index contributed by atoms with van der Waals surface area (Å²) in [6, 6.07) is 9.31. The topological polar surface area (TPSA) is 82.6 Å². The average Bonchev–Trinajstić information content (AvgIpc) is 3.32. The quantitative estimate of drug-likeness (QED) is 0.550. The average molecular weight is 511 g/mol. The van der Waals surface area contributed by atoms with Gasteiger partial charge in [0.05, 0.1) is 12.1 Å². The number of rotatable bonds is 8. The highest BCUT2D eigenvalue weighted by Gasteiger charge is 2.50. The third-order valence-electron chi connectivity index (χ3n) is 7.09. The SMILES string of the molecule is CC(C)CN(CC(=O)Nc1nc(CC(=O)N2CC3(C)CC2CC(C)(C)C3)cs1)C(=O)c1ccccc1. The van der Waals surface area contributed by atoms with Crippen molar-refractivity contribution in [2.45, 2.75) is 66.3 Å². The monoisotopic (exact) mass is 510 g/mol. The second-order valence-electron chi connectivity index (χ2n) is 12.0. The van der Waals surface area contributed by atoms with Crippen molar-refractivity contribution in [2.75, 3.05) is 25.0 Å². The van der Waals surface area contributed by atoms with E-state index < -0.39 is 0 Å². The zero-order valence-corrected chi connectivity index (χ0v) is 22.9. The molecule has 1 saturated carbocycles. The van der Waals surface area contributed by atoms with Crippen molar-refractivity contribution in [2.24, 2.45) is 16.7 Å². The highest BCUT2D eigenvalue weighted by Crippen LogP contribution is 2.52. The third kappa shape index (κ3) is 6.33. The number of hydrogen-bond donors (Lipinski definition) is 1. The Morgan fingerprint density at radius 2 is 1.89 bits per heavy atom. The second kappa shape index (κ2) is 10.3. The van der Waals surface area contributed by atoms with E-state index in [0.717, 1.165) is 25.8 Å². The van der Waals surface area contributed by atoms with Crippen molar-refractivity contribution in [3.05, 3.63) is 47.0 Å². The summed E-state index contributed by atoms with van der Waals surface area (Å²) in [6.07, 6.45) is 3.51. The summed E-state index contributed by atoms with van der Waals surface area (Å²) in [6.45, 7) is 12.2. The predicted octanol–water partition coefficient (Wildman–Crippen LogP) is 4.85. The van der Waals surface area contributed by atoms with E-state index in [1.54, 1.807) is 17.0 Å². The van der Waals surface area contributed by atoms with Gasteiger partial charge < -0.3 is 15.1 Å². The van der Waals surface area contributed by atoms with Gasteiger partial charge in [-0.25, -0.2) is 4.98 Å². The van der Waals surface area contributed by atoms with Gasteiger partial charge in [-0.05, 0) is 48.1 Å². The van der Waals surface area contributed by atoms with Gasteiger partial charge in [0.15, 0.2) is 5.13 Å². The minimum atomic E-state index is -0.296. The van der Waals surface area contributed by atoms with E-state index in [4.69, 9.17) is 0 Å². The van der Waals surface area contributed by atoms with E-state index in [2.05, 4.69) is 36.0 Å². The fourth-order valence-corrected chi connectivity index (χ4v) is 6.94. The highest BCUT2D eigenvalue weighted by molar-refractivity contribution is 7.13. The van der Waals surface area contributed by atoms with E-state index in [1.165, 1.54) is 11.3 Å². The summed E-state index contributed by atoms with van der Waals surface area (Å²) in [7, 11) is 0. The van der Waals surface area contributed by atoms with Crippen LogP contribution in [0.4, 0.5) is 5.13 Å². The molecule has 2 aliphatic rings. The van der Waals surface area contributed by atoms with Gasteiger partial charge in [0, 0.05) is 30.1 Å². The lowest BCUT2D eigenvalue weighted by Gasteiger charge is -2.39. The first-order valence-corrected chi connectivity index (χ1v) is 13.7. The number of nitrogens with zero attached hydrogens (tertiary/aromatic N) is 3. The Kier molecular flexibility index (Phi) is 7.55. The lowest BCUT2D eigenvalue weighted by Crippen LogP contribution is -2.40. The van der Waals surface area contributed by atoms with Crippen LogP contribution in [-0.4, -0.2) is 58.2 Å². The van der Waals surface area contributed by atoms with E-state index >= 15 is 0 Å². The van der Waals surface area contributed by atoms with Crippen molar-refractivity contribution in [3.8, 4) is 0 Å². The minimum Gasteiger partial charge on any atom is -0.339 e. The van der Waals surface area contributed by atoms with E-state index in [9.17, 15) is 14.4 Å². The molecule has 8 heteroatoms. The van der Waals surface area contributed by atoms with Crippen molar-refractivity contribution in [3.63, 3.8) is 0 Å². The zero-order chi connectivity index (χ0) is 26.1. The second-order valence-corrected chi connectivity index (χ2v) is 12.9. The normalized spacial score (nSPS) is 22.5. The maximum absolute atomic E-state index is 13.2. The molecule has 2 heterocycles. The molecule has 2 aromatic rings. The van der Waals surface area contributed by atoms with E-state index in [0.29, 0.717) is 29.0 Å². The Morgan fingerprint density at radius 3 is 2.58 bits per heavy atom. The Hall–Kier alpha value is -2.74. The molecule has 7 nitrogen and oxygen atoms in total. The number of likely N-dealkylation sites (tertiary alicyclic amines) is 1. The van der Waals surface area contributed by atoms with Crippen LogP contribution in [0.2, 0.25) is 0 Å². The summed E-state index contributed by atoms with van der Waals surface area (Å²) in [5.74, 6) is -0.129. The number of carbonyl (C=O) groups is 3.